The second-order valence-corrected chi connectivity index (χ2v) is 10.3. The molecule has 50 heavy (non-hydrogen) atoms. The van der Waals surface area contributed by atoms with Crippen molar-refractivity contribution in [2.24, 2.45) is 0 Å². The Kier molecular flexibility index (Phi) is 2.79. The van der Waals surface area contributed by atoms with Crippen molar-refractivity contribution >= 4 is 43.9 Å². The Morgan fingerprint density at radius 2 is 0.960 bits per heavy atom. The molecule has 0 atom stereocenters. The lowest BCUT2D eigenvalue weighted by Gasteiger charge is -2.09. The van der Waals surface area contributed by atoms with E-state index >= 15 is 0 Å². The zero-order valence-corrected chi connectivity index (χ0v) is 24.7. The van der Waals surface area contributed by atoms with Gasteiger partial charge in [-0.25, -0.2) is 15.0 Å². The lowest BCUT2D eigenvalue weighted by molar-refractivity contribution is 0.669. The number of para-hydroxylation sites is 2. The van der Waals surface area contributed by atoms with Gasteiger partial charge >= 0.3 is 0 Å². The Balaban J connectivity index is 1.39. The highest BCUT2D eigenvalue weighted by atomic mass is 16.3. The first-order valence-corrected chi connectivity index (χ1v) is 14.4. The van der Waals surface area contributed by atoms with E-state index < -0.39 is 263 Å². The number of hydrogen-bond acceptors (Lipinski definition) is 5. The van der Waals surface area contributed by atoms with E-state index in [0.29, 0.717) is 0 Å². The van der Waals surface area contributed by atoms with Crippen LogP contribution in [0.25, 0.3) is 100 Å². The Labute approximate surface area is 325 Å². The fourth-order valence-electron chi connectivity index (χ4n) is 5.31. The molecule has 3 heterocycles. The van der Waals surface area contributed by atoms with Crippen LogP contribution in [0.2, 0.25) is 0 Å². The number of aromatic nitrogens is 3. The summed E-state index contributed by atoms with van der Waals surface area (Å²) in [6.07, 6.45) is 0. The third-order valence-electron chi connectivity index (χ3n) is 7.44. The predicted octanol–water partition coefficient (Wildman–Crippen LogP) is 12.0. The maximum Gasteiger partial charge on any atom is 0.167 e. The summed E-state index contributed by atoms with van der Waals surface area (Å²) in [6.45, 7) is 0. The molecule has 0 spiro atoms. The highest BCUT2D eigenvalue weighted by Gasteiger charge is 2.20. The molecule has 0 N–H and O–H groups in total. The molecule has 5 nitrogen and oxygen atoms in total. The molecule has 3 aromatic heterocycles. The number of fused-ring (bicyclic) bond motifs is 6. The zero-order valence-electron chi connectivity index (χ0n) is 51.7. The van der Waals surface area contributed by atoms with Gasteiger partial charge in [0.2, 0.25) is 0 Å². The van der Waals surface area contributed by atoms with Crippen molar-refractivity contribution in [2.45, 2.75) is 0 Å². The summed E-state index contributed by atoms with van der Waals surface area (Å²) in [5, 5.41) is -2.19. The van der Waals surface area contributed by atoms with Crippen molar-refractivity contribution in [3.63, 3.8) is 0 Å². The van der Waals surface area contributed by atoms with Crippen molar-refractivity contribution in [3.8, 4) is 56.4 Å². The molecular weight excluding hydrogens is 615 g/mol. The van der Waals surface area contributed by atoms with Gasteiger partial charge in [-0.1, -0.05) is 127 Å². The smallest absolute Gasteiger partial charge is 0.167 e. The highest BCUT2D eigenvalue weighted by molar-refractivity contribution is 6.16. The molecule has 10 rings (SSSR count). The van der Waals surface area contributed by atoms with Crippen LogP contribution in [-0.2, 0) is 0 Å². The van der Waals surface area contributed by atoms with E-state index in [1.165, 1.54) is 0 Å². The second-order valence-electron chi connectivity index (χ2n) is 10.3. The van der Waals surface area contributed by atoms with Crippen LogP contribution in [0, 0.1) is 0 Å². The number of nitrogens with zero attached hydrogens (tertiary/aromatic N) is 3. The van der Waals surface area contributed by atoms with E-state index in [0.717, 1.165) is 0 Å². The van der Waals surface area contributed by atoms with Gasteiger partial charge in [0.05, 0.1) is 42.6 Å². The summed E-state index contributed by atoms with van der Waals surface area (Å²) >= 11 is 0. The van der Waals surface area contributed by atoms with Crippen molar-refractivity contribution in [1.82, 2.24) is 15.0 Å². The number of benzene rings is 7. The molecule has 0 saturated carbocycles. The fraction of sp³-hybridized carbons (Fsp3) is 0. The minimum Gasteiger partial charge on any atom is -0.456 e. The molecule has 234 valence electrons. The third-order valence-corrected chi connectivity index (χ3v) is 7.44. The minimum absolute atomic E-state index is 0.492. The lowest BCUT2D eigenvalue weighted by atomic mass is 9.93. The van der Waals surface area contributed by atoms with E-state index in [1.54, 1.807) is 0 Å². The van der Waals surface area contributed by atoms with Gasteiger partial charge in [0.1, 0.15) is 22.3 Å². The van der Waals surface area contributed by atoms with Gasteiger partial charge in [0.15, 0.2) is 17.5 Å². The molecule has 0 amide bonds. The molecule has 0 aliphatic heterocycles. The van der Waals surface area contributed by atoms with E-state index in [1.807, 2.05) is 0 Å². The first kappa shape index (κ1) is 12.2. The molecule has 0 unspecified atom stereocenters. The van der Waals surface area contributed by atoms with E-state index in [-0.39, 0.29) is 0 Å². The summed E-state index contributed by atoms with van der Waals surface area (Å²) < 4.78 is 249. The van der Waals surface area contributed by atoms with Crippen molar-refractivity contribution in [3.05, 3.63) is 163 Å². The van der Waals surface area contributed by atoms with Crippen LogP contribution in [0.3, 0.4) is 0 Å². The maximum absolute atomic E-state index is 9.87. The molecule has 0 bridgehead atoms. The Morgan fingerprint density at radius 3 is 1.68 bits per heavy atom. The van der Waals surface area contributed by atoms with Gasteiger partial charge in [-0.05, 0) is 58.5 Å². The van der Waals surface area contributed by atoms with E-state index in [2.05, 4.69) is 15.0 Å². The quantitative estimate of drug-likeness (QED) is 0.183. The van der Waals surface area contributed by atoms with Crippen LogP contribution in [0.4, 0.5) is 0 Å². The van der Waals surface area contributed by atoms with E-state index in [4.69, 9.17) is 36.2 Å². The summed E-state index contributed by atoms with van der Waals surface area (Å²) in [5.41, 5.74) is -7.71. The van der Waals surface area contributed by atoms with Crippen LogP contribution in [0.1, 0.15) is 37.0 Å². The molecule has 0 radical (unpaired) electrons. The first-order chi connectivity index (χ1) is 36.0. The average Bonchev–Trinajstić information content (AvgIpc) is 4.00. The normalized spacial score (nSPS) is 19.2. The maximum atomic E-state index is 9.87. The molecule has 0 saturated heterocycles. The number of hydrogen-bond donors (Lipinski definition) is 0. The summed E-state index contributed by atoms with van der Waals surface area (Å²) in [5.74, 6) is -2.39. The average molecular weight is 669 g/mol. The molecular formula is C45H27N3O2. The predicted molar refractivity (Wildman–Crippen MR) is 202 cm³/mol. The second kappa shape index (κ2) is 11.4. The molecule has 0 aliphatic rings. The fourth-order valence-corrected chi connectivity index (χ4v) is 5.31. The van der Waals surface area contributed by atoms with Gasteiger partial charge in [0, 0.05) is 32.7 Å². The SMILES string of the molecule is [2H]c1c([2H])c([2H])c(-c2nc(-c3c([2H])c([2H])c([2H])c([2H])c3[2H])nc(-c3c([2H])c([2H])c([2H])c4c3oc3c([2H])c([2H])c(-c5c([2H])c(-c6c([2H])c([2H])c([2H])c([2H])c6[2H])c([2H])c6oc7c([2H])c([2H])c([2H])c([2H])c7c56)c([2H])c34)n2)c([2H])c1[2H]. The first-order valence-electron chi connectivity index (χ1n) is 27.9. The molecule has 7 aromatic carbocycles. The van der Waals surface area contributed by atoms with Crippen LogP contribution < -0.4 is 0 Å². The number of furan rings is 2. The van der Waals surface area contributed by atoms with Crippen LogP contribution in [0.15, 0.2) is 172 Å². The van der Waals surface area contributed by atoms with E-state index in [9.17, 15) is 9.60 Å². The molecule has 0 fully saturated rings. The Hall–Kier alpha value is -6.85. The summed E-state index contributed by atoms with van der Waals surface area (Å²) in [7, 11) is 0. The molecule has 0 aliphatic carbocycles. The largest absolute Gasteiger partial charge is 0.456 e. The monoisotopic (exact) mass is 668 g/mol. The van der Waals surface area contributed by atoms with Gasteiger partial charge in [-0.2, -0.15) is 0 Å². The van der Waals surface area contributed by atoms with Crippen LogP contribution in [0.5, 0.6) is 0 Å². The Morgan fingerprint density at radius 1 is 0.360 bits per heavy atom. The van der Waals surface area contributed by atoms with Crippen LogP contribution in [-0.4, -0.2) is 15.0 Å². The third kappa shape index (κ3) is 4.67. The van der Waals surface area contributed by atoms with Crippen molar-refractivity contribution in [1.29, 1.82) is 0 Å². The molecule has 10 aromatic rings. The lowest BCUT2D eigenvalue weighted by Crippen LogP contribution is -2.00. The van der Waals surface area contributed by atoms with Crippen LogP contribution >= 0.6 is 0 Å². The Bertz CT molecular complexity index is 4260. The summed E-state index contributed by atoms with van der Waals surface area (Å²) in [6, 6.07) is -23.8. The molecule has 5 heteroatoms. The summed E-state index contributed by atoms with van der Waals surface area (Å²) in [4.78, 5) is 12.9. The topological polar surface area (TPSA) is 65.0 Å². The zero-order chi connectivity index (χ0) is 56.5. The van der Waals surface area contributed by atoms with Gasteiger partial charge < -0.3 is 8.83 Å². The van der Waals surface area contributed by atoms with Gasteiger partial charge in [0.25, 0.3) is 0 Å². The van der Waals surface area contributed by atoms with Gasteiger partial charge in [-0.15, -0.1) is 0 Å². The van der Waals surface area contributed by atoms with Crippen molar-refractivity contribution in [2.75, 3.05) is 0 Å². The standard InChI is InChI=1S/C45H27N3O2/c1-4-13-28(14-5-1)32-26-36(41-34-19-10-11-22-38(34)49-40(41)27-32)31-23-24-39-37(25-31)33-20-12-21-35(42(33)50-39)45-47-43(29-15-6-2-7-16-29)46-44(48-45)30-17-8-3-9-18-30/h1-27H/i1D,2D,3D,4D,5D,6D,7D,8D,9D,10D,11D,12D,13D,14D,15D,16D,17D,18D,19D,20D,21D,22D,23D,24D,25D,26D,27D. The van der Waals surface area contributed by atoms with Crippen molar-refractivity contribution < 1.29 is 45.8 Å². The number of rotatable bonds is 5. The minimum atomic E-state index is -0.978. The highest BCUT2D eigenvalue weighted by Crippen LogP contribution is 2.42. The van der Waals surface area contributed by atoms with Gasteiger partial charge in [-0.3, -0.25) is 0 Å².